The molecule has 0 aromatic heterocycles. The lowest BCUT2D eigenvalue weighted by atomic mass is 10.0. The first-order valence-electron chi connectivity index (χ1n) is 3.98. The van der Waals surface area contributed by atoms with Crippen molar-refractivity contribution < 1.29 is 4.74 Å². The second kappa shape index (κ2) is 2.58. The summed E-state index contributed by atoms with van der Waals surface area (Å²) in [6.07, 6.45) is 5.94. The van der Waals surface area contributed by atoms with Crippen molar-refractivity contribution in [1.82, 2.24) is 0 Å². The van der Waals surface area contributed by atoms with Crippen molar-refractivity contribution in [1.29, 1.82) is 0 Å². The zero-order chi connectivity index (χ0) is 9.42. The number of hydrogen-bond donors (Lipinski definition) is 3. The molecule has 0 spiro atoms. The number of rotatable bonds is 0. The Labute approximate surface area is 76.0 Å². The maximum atomic E-state index is 5.76. The summed E-state index contributed by atoms with van der Waals surface area (Å²) in [5.41, 5.74) is 19.2. The molecule has 2 rings (SSSR count). The Morgan fingerprint density at radius 3 is 2.69 bits per heavy atom. The molecular formula is C9H11N3O. The second-order valence-electron chi connectivity index (χ2n) is 3.00. The maximum absolute atomic E-state index is 5.76. The first-order valence-corrected chi connectivity index (χ1v) is 3.98. The smallest absolute Gasteiger partial charge is 0.192 e. The SMILES string of the molecule is NC1=CCC2=C(N)C=C(N)OC2=C1. The van der Waals surface area contributed by atoms with Gasteiger partial charge in [-0.3, -0.25) is 0 Å². The standard InChI is InChI=1S/C9H11N3O/c10-5-1-2-6-7(11)4-9(12)13-8(6)3-5/h1,3-4H,2,10-12H2. The van der Waals surface area contributed by atoms with Gasteiger partial charge in [0.05, 0.1) is 0 Å². The van der Waals surface area contributed by atoms with Crippen LogP contribution in [-0.2, 0) is 4.74 Å². The van der Waals surface area contributed by atoms with Crippen LogP contribution < -0.4 is 17.2 Å². The van der Waals surface area contributed by atoms with Gasteiger partial charge < -0.3 is 21.9 Å². The van der Waals surface area contributed by atoms with Crippen LogP contribution in [0, 0.1) is 0 Å². The lowest BCUT2D eigenvalue weighted by Gasteiger charge is -2.21. The molecule has 0 radical (unpaired) electrons. The zero-order valence-electron chi connectivity index (χ0n) is 7.08. The minimum Gasteiger partial charge on any atom is -0.441 e. The fourth-order valence-electron chi connectivity index (χ4n) is 1.37. The molecule has 0 atom stereocenters. The van der Waals surface area contributed by atoms with E-state index in [9.17, 15) is 0 Å². The first-order chi connectivity index (χ1) is 6.16. The van der Waals surface area contributed by atoms with Gasteiger partial charge in [-0.2, -0.15) is 0 Å². The molecular weight excluding hydrogens is 166 g/mol. The summed E-state index contributed by atoms with van der Waals surface area (Å²) in [7, 11) is 0. The second-order valence-corrected chi connectivity index (χ2v) is 3.00. The van der Waals surface area contributed by atoms with E-state index < -0.39 is 0 Å². The molecule has 6 N–H and O–H groups in total. The van der Waals surface area contributed by atoms with Crippen LogP contribution >= 0.6 is 0 Å². The van der Waals surface area contributed by atoms with Crippen molar-refractivity contribution in [2.24, 2.45) is 17.2 Å². The monoisotopic (exact) mass is 177 g/mol. The third-order valence-corrected chi connectivity index (χ3v) is 2.01. The van der Waals surface area contributed by atoms with E-state index in [1.54, 1.807) is 12.2 Å². The summed E-state index contributed by atoms with van der Waals surface area (Å²) in [5.74, 6) is 0.972. The van der Waals surface area contributed by atoms with Gasteiger partial charge in [-0.25, -0.2) is 0 Å². The van der Waals surface area contributed by atoms with Crippen molar-refractivity contribution in [3.05, 3.63) is 46.8 Å². The molecule has 1 heterocycles. The highest BCUT2D eigenvalue weighted by atomic mass is 16.5. The maximum Gasteiger partial charge on any atom is 0.192 e. The topological polar surface area (TPSA) is 87.3 Å². The van der Waals surface area contributed by atoms with Crippen molar-refractivity contribution >= 4 is 0 Å². The van der Waals surface area contributed by atoms with Crippen LogP contribution in [0.15, 0.2) is 46.8 Å². The number of allylic oxidation sites excluding steroid dienone is 4. The molecule has 0 aromatic carbocycles. The van der Waals surface area contributed by atoms with Crippen LogP contribution in [0.5, 0.6) is 0 Å². The van der Waals surface area contributed by atoms with Gasteiger partial charge in [-0.1, -0.05) is 6.08 Å². The fourth-order valence-corrected chi connectivity index (χ4v) is 1.37. The van der Waals surface area contributed by atoms with E-state index in [0.29, 0.717) is 29.5 Å². The molecule has 4 nitrogen and oxygen atoms in total. The first kappa shape index (κ1) is 7.79. The normalized spacial score (nSPS) is 21.1. The fraction of sp³-hybridized carbons (Fsp3) is 0.111. The van der Waals surface area contributed by atoms with E-state index in [2.05, 4.69) is 0 Å². The Hall–Kier alpha value is -1.84. The van der Waals surface area contributed by atoms with Gasteiger partial charge in [0.2, 0.25) is 0 Å². The van der Waals surface area contributed by atoms with Crippen LogP contribution in [0.2, 0.25) is 0 Å². The lowest BCUT2D eigenvalue weighted by Crippen LogP contribution is -2.17. The van der Waals surface area contributed by atoms with E-state index >= 15 is 0 Å². The van der Waals surface area contributed by atoms with Crippen LogP contribution in [-0.4, -0.2) is 0 Å². The van der Waals surface area contributed by atoms with Crippen molar-refractivity contribution in [2.45, 2.75) is 6.42 Å². The van der Waals surface area contributed by atoms with Gasteiger partial charge in [-0.15, -0.1) is 0 Å². The number of nitrogens with two attached hydrogens (primary N) is 3. The predicted molar refractivity (Wildman–Crippen MR) is 49.5 cm³/mol. The molecule has 0 saturated heterocycles. The van der Waals surface area contributed by atoms with Crippen molar-refractivity contribution in [2.75, 3.05) is 0 Å². The summed E-state index contributed by atoms with van der Waals surface area (Å²) in [6.45, 7) is 0. The van der Waals surface area contributed by atoms with E-state index in [0.717, 1.165) is 5.57 Å². The third kappa shape index (κ3) is 1.26. The molecule has 0 aromatic rings. The van der Waals surface area contributed by atoms with E-state index in [-0.39, 0.29) is 0 Å². The van der Waals surface area contributed by atoms with E-state index in [1.165, 1.54) is 0 Å². The third-order valence-electron chi connectivity index (χ3n) is 2.01. The van der Waals surface area contributed by atoms with Gasteiger partial charge in [-0.05, 0) is 6.42 Å². The van der Waals surface area contributed by atoms with Gasteiger partial charge >= 0.3 is 0 Å². The summed E-state index contributed by atoms with van der Waals surface area (Å²) in [4.78, 5) is 0. The number of fused-ring (bicyclic) bond motifs is 1. The van der Waals surface area contributed by atoms with Crippen molar-refractivity contribution in [3.63, 3.8) is 0 Å². The molecule has 4 heteroatoms. The molecule has 0 amide bonds. The van der Waals surface area contributed by atoms with Crippen LogP contribution in [0.25, 0.3) is 0 Å². The molecule has 1 aliphatic heterocycles. The van der Waals surface area contributed by atoms with Crippen LogP contribution in [0.1, 0.15) is 6.42 Å². The molecule has 68 valence electrons. The average molecular weight is 177 g/mol. The Kier molecular flexibility index (Phi) is 1.55. The molecule has 13 heavy (non-hydrogen) atoms. The highest BCUT2D eigenvalue weighted by Crippen LogP contribution is 2.28. The molecule has 0 saturated carbocycles. The molecule has 0 unspecified atom stereocenters. The summed E-state index contributed by atoms with van der Waals surface area (Å²) in [6, 6.07) is 0. The number of hydrogen-bond acceptors (Lipinski definition) is 4. The molecule has 1 aliphatic carbocycles. The number of ether oxygens (including phenoxy) is 1. The van der Waals surface area contributed by atoms with E-state index in [1.807, 2.05) is 6.08 Å². The van der Waals surface area contributed by atoms with Gasteiger partial charge in [0, 0.05) is 29.1 Å². The predicted octanol–water partition coefficient (Wildman–Crippen LogP) is 0.160. The van der Waals surface area contributed by atoms with E-state index in [4.69, 9.17) is 21.9 Å². The minimum atomic E-state index is 0.308. The largest absolute Gasteiger partial charge is 0.441 e. The molecule has 0 bridgehead atoms. The summed E-state index contributed by atoms with van der Waals surface area (Å²) < 4.78 is 5.27. The van der Waals surface area contributed by atoms with Crippen LogP contribution in [0.3, 0.4) is 0 Å². The van der Waals surface area contributed by atoms with Crippen LogP contribution in [0.4, 0.5) is 0 Å². The Balaban J connectivity index is 2.45. The van der Waals surface area contributed by atoms with Gasteiger partial charge in [0.15, 0.2) is 5.88 Å². The highest BCUT2D eigenvalue weighted by molar-refractivity contribution is 5.46. The zero-order valence-corrected chi connectivity index (χ0v) is 7.08. The molecule has 0 fully saturated rings. The van der Waals surface area contributed by atoms with Crippen molar-refractivity contribution in [3.8, 4) is 0 Å². The lowest BCUT2D eigenvalue weighted by molar-refractivity contribution is 0.300. The summed E-state index contributed by atoms with van der Waals surface area (Å²) in [5, 5.41) is 0. The molecule has 2 aliphatic rings. The quantitative estimate of drug-likeness (QED) is 0.492. The Morgan fingerprint density at radius 1 is 1.15 bits per heavy atom. The summed E-state index contributed by atoms with van der Waals surface area (Å²) >= 11 is 0. The average Bonchev–Trinajstić information content (AvgIpc) is 2.02. The minimum absolute atomic E-state index is 0.308. The van der Waals surface area contributed by atoms with Gasteiger partial charge in [0.25, 0.3) is 0 Å². The Bertz CT molecular complexity index is 374. The Morgan fingerprint density at radius 2 is 1.92 bits per heavy atom. The highest BCUT2D eigenvalue weighted by Gasteiger charge is 2.18. The van der Waals surface area contributed by atoms with Gasteiger partial charge in [0.1, 0.15) is 5.76 Å².